The molecule has 1 rings (SSSR count). The summed E-state index contributed by atoms with van der Waals surface area (Å²) in [6, 6.07) is 0. The van der Waals surface area contributed by atoms with Gasteiger partial charge >= 0.3 is 5.97 Å². The minimum atomic E-state index is -0.909. The Hall–Kier alpha value is -1.59. The fourth-order valence-electron chi connectivity index (χ4n) is 2.57. The zero-order chi connectivity index (χ0) is 14.4. The Balaban J connectivity index is 2.40. The van der Waals surface area contributed by atoms with Crippen LogP contribution in [0.25, 0.3) is 0 Å². The van der Waals surface area contributed by atoms with E-state index < -0.39 is 17.8 Å². The lowest BCUT2D eigenvalue weighted by atomic mass is 9.95. The molecule has 108 valence electrons. The van der Waals surface area contributed by atoms with Gasteiger partial charge in [0.15, 0.2) is 0 Å². The molecule has 19 heavy (non-hydrogen) atoms. The molecule has 0 aromatic rings. The Morgan fingerprint density at radius 2 is 1.79 bits per heavy atom. The van der Waals surface area contributed by atoms with E-state index in [2.05, 4.69) is 10.6 Å². The molecule has 6 nitrogen and oxygen atoms in total. The van der Waals surface area contributed by atoms with E-state index in [9.17, 15) is 14.4 Å². The molecule has 0 aromatic carbocycles. The molecule has 0 spiro atoms. The van der Waals surface area contributed by atoms with E-state index >= 15 is 0 Å². The van der Waals surface area contributed by atoms with Crippen molar-refractivity contribution < 1.29 is 19.5 Å². The summed E-state index contributed by atoms with van der Waals surface area (Å²) in [5.41, 5.74) is 0. The fourth-order valence-corrected chi connectivity index (χ4v) is 2.57. The highest BCUT2D eigenvalue weighted by Crippen LogP contribution is 2.36. The van der Waals surface area contributed by atoms with Gasteiger partial charge in [0.2, 0.25) is 11.8 Å². The van der Waals surface area contributed by atoms with Crippen molar-refractivity contribution >= 4 is 17.8 Å². The number of carbonyl (C=O) groups excluding carboxylic acids is 2. The summed E-state index contributed by atoms with van der Waals surface area (Å²) in [7, 11) is 0. The van der Waals surface area contributed by atoms with E-state index in [4.69, 9.17) is 5.11 Å². The predicted octanol–water partition coefficient (Wildman–Crippen LogP) is 0.376. The molecule has 6 heteroatoms. The van der Waals surface area contributed by atoms with Crippen LogP contribution in [0.4, 0.5) is 0 Å². The molecule has 1 saturated carbocycles. The van der Waals surface area contributed by atoms with Crippen molar-refractivity contribution in [3.05, 3.63) is 0 Å². The number of aliphatic carboxylic acids is 1. The highest BCUT2D eigenvalue weighted by Gasteiger charge is 2.40. The molecule has 1 fully saturated rings. The third-order valence-corrected chi connectivity index (χ3v) is 3.48. The maximum atomic E-state index is 11.9. The molecule has 0 aliphatic heterocycles. The number of nitrogens with one attached hydrogen (secondary N) is 2. The molecule has 2 amide bonds. The number of carboxylic acid groups (broad SMARTS) is 1. The van der Waals surface area contributed by atoms with Crippen LogP contribution in [0, 0.1) is 17.8 Å². The minimum Gasteiger partial charge on any atom is -0.481 e. The smallest absolute Gasteiger partial charge is 0.307 e. The van der Waals surface area contributed by atoms with Crippen LogP contribution < -0.4 is 10.6 Å². The zero-order valence-electron chi connectivity index (χ0n) is 11.4. The molecule has 0 bridgehead atoms. The molecule has 3 atom stereocenters. The lowest BCUT2D eigenvalue weighted by Gasteiger charge is -2.15. The van der Waals surface area contributed by atoms with E-state index in [1.165, 1.54) is 0 Å². The number of rotatable bonds is 6. The highest BCUT2D eigenvalue weighted by atomic mass is 16.4. The fraction of sp³-hybridized carbons (Fsp3) is 0.769. The number of carbonyl (C=O) groups is 3. The largest absolute Gasteiger partial charge is 0.481 e. The second-order valence-electron chi connectivity index (χ2n) is 5.12. The van der Waals surface area contributed by atoms with Gasteiger partial charge in [-0.05, 0) is 25.7 Å². The van der Waals surface area contributed by atoms with Crippen LogP contribution in [0.15, 0.2) is 0 Å². The molecule has 3 N–H and O–H groups in total. The second-order valence-corrected chi connectivity index (χ2v) is 5.12. The predicted molar refractivity (Wildman–Crippen MR) is 69.3 cm³/mol. The summed E-state index contributed by atoms with van der Waals surface area (Å²) in [6.07, 6.45) is 1.37. The summed E-state index contributed by atoms with van der Waals surface area (Å²) >= 11 is 0. The zero-order valence-corrected chi connectivity index (χ0v) is 11.4. The van der Waals surface area contributed by atoms with Crippen LogP contribution in [0.5, 0.6) is 0 Å². The van der Waals surface area contributed by atoms with Crippen LogP contribution in [-0.2, 0) is 14.4 Å². The van der Waals surface area contributed by atoms with Crippen LogP contribution in [0.2, 0.25) is 0 Å². The Morgan fingerprint density at radius 1 is 1.16 bits per heavy atom. The van der Waals surface area contributed by atoms with Crippen molar-refractivity contribution in [3.63, 3.8) is 0 Å². The van der Waals surface area contributed by atoms with Gasteiger partial charge in [-0.25, -0.2) is 0 Å². The normalized spacial score (nSPS) is 25.9. The van der Waals surface area contributed by atoms with E-state index in [1.54, 1.807) is 0 Å². The average Bonchev–Trinajstić information content (AvgIpc) is 2.72. The first kappa shape index (κ1) is 15.5. The quantitative estimate of drug-likeness (QED) is 0.650. The van der Waals surface area contributed by atoms with Gasteiger partial charge in [-0.1, -0.05) is 6.92 Å². The third-order valence-electron chi connectivity index (χ3n) is 3.48. The molecular weight excluding hydrogens is 248 g/mol. The van der Waals surface area contributed by atoms with E-state index in [-0.39, 0.29) is 30.7 Å². The number of amides is 2. The van der Waals surface area contributed by atoms with Crippen molar-refractivity contribution in [3.8, 4) is 0 Å². The van der Waals surface area contributed by atoms with Gasteiger partial charge in [-0.3, -0.25) is 14.4 Å². The summed E-state index contributed by atoms with van der Waals surface area (Å²) in [5.74, 6) is -2.09. The van der Waals surface area contributed by atoms with Crippen molar-refractivity contribution in [1.29, 1.82) is 0 Å². The van der Waals surface area contributed by atoms with Crippen molar-refractivity contribution in [1.82, 2.24) is 10.6 Å². The monoisotopic (exact) mass is 270 g/mol. The standard InChI is InChI=1S/C13H22N2O4/c1-3-14-11(16)4-5-15-12(17)9-6-8(2)7-10(9)13(18)19/h8-10H,3-7H2,1-2H3,(H,14,16)(H,15,17)(H,18,19). The van der Waals surface area contributed by atoms with Gasteiger partial charge < -0.3 is 15.7 Å². The van der Waals surface area contributed by atoms with Gasteiger partial charge in [0.1, 0.15) is 0 Å². The van der Waals surface area contributed by atoms with Crippen molar-refractivity contribution in [2.75, 3.05) is 13.1 Å². The first-order valence-electron chi connectivity index (χ1n) is 6.72. The number of carboxylic acids is 1. The maximum absolute atomic E-state index is 11.9. The number of hydrogen-bond acceptors (Lipinski definition) is 3. The van der Waals surface area contributed by atoms with Gasteiger partial charge in [-0.15, -0.1) is 0 Å². The van der Waals surface area contributed by atoms with Crippen LogP contribution in [0.1, 0.15) is 33.1 Å². The lowest BCUT2D eigenvalue weighted by Crippen LogP contribution is -2.37. The lowest BCUT2D eigenvalue weighted by molar-refractivity contribution is -0.146. The molecule has 3 unspecified atom stereocenters. The average molecular weight is 270 g/mol. The Labute approximate surface area is 112 Å². The molecule has 0 radical (unpaired) electrons. The number of hydrogen-bond donors (Lipinski definition) is 3. The highest BCUT2D eigenvalue weighted by molar-refractivity contribution is 5.85. The third kappa shape index (κ3) is 4.54. The summed E-state index contributed by atoms with van der Waals surface area (Å²) in [6.45, 7) is 4.60. The van der Waals surface area contributed by atoms with Crippen LogP contribution in [0.3, 0.4) is 0 Å². The molecular formula is C13H22N2O4. The minimum absolute atomic E-state index is 0.114. The Morgan fingerprint density at radius 3 is 2.37 bits per heavy atom. The van der Waals surface area contributed by atoms with Crippen LogP contribution >= 0.6 is 0 Å². The molecule has 1 aliphatic rings. The molecule has 0 saturated heterocycles. The summed E-state index contributed by atoms with van der Waals surface area (Å²) in [4.78, 5) is 34.2. The van der Waals surface area contributed by atoms with E-state index in [0.717, 1.165) is 0 Å². The molecule has 1 aliphatic carbocycles. The SMILES string of the molecule is CCNC(=O)CCNC(=O)C1CC(C)CC1C(=O)O. The second kappa shape index (κ2) is 7.11. The van der Waals surface area contributed by atoms with E-state index in [1.807, 2.05) is 13.8 Å². The van der Waals surface area contributed by atoms with Crippen LogP contribution in [-0.4, -0.2) is 36.0 Å². The molecule has 0 aromatic heterocycles. The van der Waals surface area contributed by atoms with Gasteiger partial charge in [0.05, 0.1) is 11.8 Å². The van der Waals surface area contributed by atoms with E-state index in [0.29, 0.717) is 19.4 Å². The first-order chi connectivity index (χ1) is 8.95. The Bertz CT molecular complexity index is 357. The first-order valence-corrected chi connectivity index (χ1v) is 6.72. The summed E-state index contributed by atoms with van der Waals surface area (Å²) in [5, 5.41) is 14.4. The van der Waals surface area contributed by atoms with Gasteiger partial charge in [-0.2, -0.15) is 0 Å². The van der Waals surface area contributed by atoms with Gasteiger partial charge in [0.25, 0.3) is 0 Å². The summed E-state index contributed by atoms with van der Waals surface area (Å²) < 4.78 is 0. The Kier molecular flexibility index (Phi) is 5.79. The van der Waals surface area contributed by atoms with Gasteiger partial charge in [0, 0.05) is 19.5 Å². The van der Waals surface area contributed by atoms with Crippen molar-refractivity contribution in [2.45, 2.75) is 33.1 Å². The topological polar surface area (TPSA) is 95.5 Å². The maximum Gasteiger partial charge on any atom is 0.307 e. The molecule has 0 heterocycles. The van der Waals surface area contributed by atoms with Crippen molar-refractivity contribution in [2.24, 2.45) is 17.8 Å².